The number of halogens is 8. The van der Waals surface area contributed by atoms with Crippen LogP contribution in [0.15, 0.2) is 58.6 Å². The number of aryl methyl sites for hydroxylation is 2. The van der Waals surface area contributed by atoms with E-state index < -0.39 is 24.9 Å². The summed E-state index contributed by atoms with van der Waals surface area (Å²) in [5, 5.41) is 23.5. The van der Waals surface area contributed by atoms with Crippen LogP contribution >= 0.6 is 47.2 Å². The Labute approximate surface area is 415 Å². The first-order valence-corrected chi connectivity index (χ1v) is 23.5. The second kappa shape index (κ2) is 19.0. The summed E-state index contributed by atoms with van der Waals surface area (Å²) < 4.78 is 60.1. The van der Waals surface area contributed by atoms with Gasteiger partial charge in [-0.2, -0.15) is 19.9 Å². The van der Waals surface area contributed by atoms with Gasteiger partial charge in [-0.05, 0) is 87.8 Å². The SMILES string of the molecule is Cl.Cn1c(=O)n(C2CCC(O)CC2)c2nc(-n3cnc4ccc(Cl)cc43)nc(Cl)c21.Cn1c(=O)n(C2CCC(O)CC2)c2nc(-n3cnc4ccc(Cl)cc43)nc(N3CC(F)(F)C3)c21.FC1(F)CNC1. The van der Waals surface area contributed by atoms with Crippen LogP contribution < -0.4 is 21.6 Å². The number of hydrogen-bond donors (Lipinski definition) is 3. The summed E-state index contributed by atoms with van der Waals surface area (Å²) in [5.74, 6) is -4.38. The Kier molecular flexibility index (Phi) is 13.5. The van der Waals surface area contributed by atoms with Gasteiger partial charge in [0.1, 0.15) is 23.7 Å². The number of aliphatic hydroxyl groups is 2. The molecule has 8 heterocycles. The molecule has 2 aliphatic heterocycles. The van der Waals surface area contributed by atoms with E-state index in [1.807, 2.05) is 6.07 Å². The van der Waals surface area contributed by atoms with E-state index in [0.717, 1.165) is 11.0 Å². The maximum absolute atomic E-state index is 13.8. The van der Waals surface area contributed by atoms with Gasteiger partial charge in [-0.25, -0.2) is 37.1 Å². The smallest absolute Gasteiger partial charge is 0.330 e. The van der Waals surface area contributed by atoms with E-state index in [0.29, 0.717) is 101 Å². The lowest BCUT2D eigenvalue weighted by atomic mass is 9.93. The van der Waals surface area contributed by atoms with Gasteiger partial charge < -0.3 is 20.4 Å². The molecule has 4 aliphatic rings. The number of benzene rings is 2. The molecule has 0 atom stereocenters. The van der Waals surface area contributed by atoms with Crippen LogP contribution in [-0.4, -0.2) is 118 Å². The zero-order valence-corrected chi connectivity index (χ0v) is 40.6. The molecule has 2 aliphatic carbocycles. The largest absolute Gasteiger partial charge is 0.393 e. The molecule has 3 N–H and O–H groups in total. The van der Waals surface area contributed by atoms with E-state index >= 15 is 0 Å². The summed E-state index contributed by atoms with van der Waals surface area (Å²) in [7, 11) is 3.27. The third kappa shape index (κ3) is 9.22. The minimum atomic E-state index is -2.81. The van der Waals surface area contributed by atoms with Gasteiger partial charge in [-0.3, -0.25) is 27.4 Å². The van der Waals surface area contributed by atoms with Crippen molar-refractivity contribution in [2.75, 3.05) is 31.1 Å². The van der Waals surface area contributed by atoms with Crippen molar-refractivity contribution in [3.63, 3.8) is 0 Å². The topological polar surface area (TPSA) is 197 Å². The van der Waals surface area contributed by atoms with E-state index in [-0.39, 0.29) is 78.1 Å². The van der Waals surface area contributed by atoms with Crippen LogP contribution in [0.4, 0.5) is 23.4 Å². The number of nitrogens with one attached hydrogen (secondary N) is 1. The van der Waals surface area contributed by atoms with E-state index in [1.165, 1.54) is 14.0 Å². The Balaban J connectivity index is 0.000000155. The van der Waals surface area contributed by atoms with Crippen molar-refractivity contribution in [2.45, 2.75) is 87.5 Å². The highest BCUT2D eigenvalue weighted by atomic mass is 35.5. The fraction of sp³-hybridized carbons (Fsp3) is 0.455. The van der Waals surface area contributed by atoms with E-state index in [1.54, 1.807) is 75.4 Å². The number of aromatic nitrogens is 12. The molecule has 26 heteroatoms. The number of alkyl halides is 4. The van der Waals surface area contributed by atoms with Crippen LogP contribution in [0.3, 0.4) is 0 Å². The van der Waals surface area contributed by atoms with Crippen molar-refractivity contribution in [3.8, 4) is 11.9 Å². The number of nitrogens with zero attached hydrogens (tertiary/aromatic N) is 13. The third-order valence-electron chi connectivity index (χ3n) is 13.2. The van der Waals surface area contributed by atoms with Crippen molar-refractivity contribution in [2.24, 2.45) is 14.1 Å². The first-order valence-electron chi connectivity index (χ1n) is 22.3. The molecule has 2 saturated heterocycles. The van der Waals surface area contributed by atoms with Crippen molar-refractivity contribution in [1.82, 2.24) is 62.6 Å². The zero-order valence-electron chi connectivity index (χ0n) is 37.5. The molecular formula is C44H46Cl4F4N14O4. The third-order valence-corrected chi connectivity index (χ3v) is 13.9. The van der Waals surface area contributed by atoms with E-state index in [9.17, 15) is 37.4 Å². The van der Waals surface area contributed by atoms with Crippen LogP contribution in [0.25, 0.3) is 56.3 Å². The number of hydrogen-bond acceptors (Lipinski definition) is 12. The second-order valence-corrected chi connectivity index (χ2v) is 19.3. The first-order chi connectivity index (χ1) is 32.9. The normalized spacial score (nSPS) is 21.7. The minimum Gasteiger partial charge on any atom is -0.393 e. The van der Waals surface area contributed by atoms with Crippen LogP contribution in [0.1, 0.15) is 63.5 Å². The lowest BCUT2D eigenvalue weighted by Gasteiger charge is -2.39. The van der Waals surface area contributed by atoms with Gasteiger partial charge in [0, 0.05) is 36.2 Å². The predicted octanol–water partition coefficient (Wildman–Crippen LogP) is 6.95. The monoisotopic (exact) mass is 1050 g/mol. The highest BCUT2D eigenvalue weighted by Gasteiger charge is 2.46. The number of aliphatic hydroxyl groups excluding tert-OH is 2. The fourth-order valence-corrected chi connectivity index (χ4v) is 10.0. The maximum atomic E-state index is 13.8. The van der Waals surface area contributed by atoms with E-state index in [4.69, 9.17) is 44.8 Å². The van der Waals surface area contributed by atoms with Crippen LogP contribution in [0, 0.1) is 0 Å². The molecule has 4 fully saturated rings. The van der Waals surface area contributed by atoms with Gasteiger partial charge in [0.25, 0.3) is 11.8 Å². The summed E-state index contributed by atoms with van der Waals surface area (Å²) in [6, 6.07) is 10.4. The molecule has 70 heavy (non-hydrogen) atoms. The maximum Gasteiger partial charge on any atom is 0.330 e. The summed E-state index contributed by atoms with van der Waals surface area (Å²) in [4.78, 5) is 55.0. The van der Waals surface area contributed by atoms with Crippen molar-refractivity contribution < 1.29 is 27.8 Å². The summed E-state index contributed by atoms with van der Waals surface area (Å²) >= 11 is 18.8. The minimum absolute atomic E-state index is 0. The molecule has 0 spiro atoms. The highest BCUT2D eigenvalue weighted by molar-refractivity contribution is 6.33. The average molecular weight is 1050 g/mol. The average Bonchev–Trinajstić information content (AvgIpc) is 4.04. The Morgan fingerprint density at radius 2 is 1.06 bits per heavy atom. The summed E-state index contributed by atoms with van der Waals surface area (Å²) in [6.45, 7) is -1.23. The first kappa shape index (κ1) is 49.6. The second-order valence-electron chi connectivity index (χ2n) is 18.0. The summed E-state index contributed by atoms with van der Waals surface area (Å²) in [5.41, 5.74) is 4.15. The standard InChI is InChI=1S/C22H22ClF2N7O2.C19H18Cl2N6O2.C3H5F2N.ClH/c1-29-17-18(30-9-22(24,25)10-30)27-20(31-11-26-15-7-2-12(23)8-16(15)31)28-19(17)32(21(29)34)13-3-5-14(33)6-4-13;1-25-15-16(21)23-18(26-9-22-13-7-2-10(20)8-14(13)26)24-17(15)27(19(25)29)11-3-5-12(28)6-4-11;4-3(5)1-6-2-3;/h2,7-8,11,13-14,33H,3-6,9-10H2,1H3;2,7-9,11-12,28H,3-6H2,1H3;6H,1-2H2;1H. The number of rotatable bonds is 5. The quantitative estimate of drug-likeness (QED) is 0.119. The van der Waals surface area contributed by atoms with Crippen molar-refractivity contribution >= 4 is 97.4 Å². The van der Waals surface area contributed by atoms with Gasteiger partial charge in [-0.15, -0.1) is 12.4 Å². The van der Waals surface area contributed by atoms with Crippen LogP contribution in [-0.2, 0) is 14.1 Å². The molecule has 0 amide bonds. The molecule has 2 saturated carbocycles. The van der Waals surface area contributed by atoms with Crippen molar-refractivity contribution in [1.29, 1.82) is 0 Å². The number of fused-ring (bicyclic) bond motifs is 4. The molecule has 0 unspecified atom stereocenters. The summed E-state index contributed by atoms with van der Waals surface area (Å²) in [6.07, 6.45) is 7.62. The molecule has 18 nitrogen and oxygen atoms in total. The zero-order chi connectivity index (χ0) is 48.7. The molecule has 12 rings (SSSR count). The molecule has 372 valence electrons. The van der Waals surface area contributed by atoms with Crippen LogP contribution in [0.2, 0.25) is 15.2 Å². The van der Waals surface area contributed by atoms with Gasteiger partial charge in [-0.1, -0.05) is 34.8 Å². The number of anilines is 1. The lowest BCUT2D eigenvalue weighted by Crippen LogP contribution is -2.56. The Morgan fingerprint density at radius 1 is 0.629 bits per heavy atom. The van der Waals surface area contributed by atoms with E-state index in [2.05, 4.69) is 25.3 Å². The molecular weight excluding hydrogens is 1010 g/mol. The Morgan fingerprint density at radius 3 is 1.49 bits per heavy atom. The molecule has 0 bridgehead atoms. The van der Waals surface area contributed by atoms with Gasteiger partial charge in [0.05, 0.1) is 60.5 Å². The van der Waals surface area contributed by atoms with Gasteiger partial charge >= 0.3 is 11.4 Å². The lowest BCUT2D eigenvalue weighted by molar-refractivity contribution is -0.0476. The van der Waals surface area contributed by atoms with Gasteiger partial charge in [0.2, 0.25) is 11.9 Å². The Hall–Kier alpha value is -5.36. The molecule has 8 aromatic rings. The number of imidazole rings is 4. The van der Waals surface area contributed by atoms with Gasteiger partial charge in [0.15, 0.2) is 22.3 Å². The highest BCUT2D eigenvalue weighted by Crippen LogP contribution is 2.38. The molecule has 0 radical (unpaired) electrons. The fourth-order valence-electron chi connectivity index (χ4n) is 9.43. The van der Waals surface area contributed by atoms with Crippen molar-refractivity contribution in [3.05, 3.63) is 85.2 Å². The van der Waals surface area contributed by atoms with Crippen LogP contribution in [0.5, 0.6) is 0 Å². The Bertz CT molecular complexity index is 3380. The molecule has 6 aromatic heterocycles. The molecule has 2 aromatic carbocycles. The predicted molar refractivity (Wildman–Crippen MR) is 259 cm³/mol.